The van der Waals surface area contributed by atoms with Crippen LogP contribution in [0.2, 0.25) is 0 Å². The highest BCUT2D eigenvalue weighted by Gasteiger charge is 2.04. The van der Waals surface area contributed by atoms with Crippen LogP contribution in [-0.2, 0) is 6.42 Å². The third-order valence-corrected chi connectivity index (χ3v) is 2.82. The van der Waals surface area contributed by atoms with Gasteiger partial charge in [0.1, 0.15) is 11.6 Å². The number of benzene rings is 2. The molecule has 0 amide bonds. The summed E-state index contributed by atoms with van der Waals surface area (Å²) in [7, 11) is 1.60. The van der Waals surface area contributed by atoms with E-state index in [1.807, 2.05) is 30.3 Å². The van der Waals surface area contributed by atoms with Gasteiger partial charge in [0.05, 0.1) is 12.8 Å². The number of anilines is 2. The van der Waals surface area contributed by atoms with Crippen LogP contribution in [0.3, 0.4) is 0 Å². The van der Waals surface area contributed by atoms with E-state index in [4.69, 9.17) is 10.5 Å². The van der Waals surface area contributed by atoms with Crippen LogP contribution in [0.5, 0.6) is 5.75 Å². The maximum absolute atomic E-state index is 13.9. The third-order valence-electron chi connectivity index (χ3n) is 2.82. The van der Waals surface area contributed by atoms with Crippen LogP contribution >= 0.6 is 0 Å². The highest BCUT2D eigenvalue weighted by molar-refractivity contribution is 5.62. The minimum atomic E-state index is -0.284. The van der Waals surface area contributed by atoms with Gasteiger partial charge in [-0.1, -0.05) is 12.1 Å². The second-order valence-electron chi connectivity index (χ2n) is 4.21. The topological polar surface area (TPSA) is 47.3 Å². The van der Waals surface area contributed by atoms with Crippen molar-refractivity contribution in [1.82, 2.24) is 0 Å². The first-order chi connectivity index (χ1) is 9.22. The lowest BCUT2D eigenvalue weighted by molar-refractivity contribution is 0.415. The molecule has 0 unspecified atom stereocenters. The van der Waals surface area contributed by atoms with E-state index in [1.54, 1.807) is 13.2 Å². The molecular formula is C15H17FN2O. The van der Waals surface area contributed by atoms with E-state index in [0.717, 1.165) is 17.0 Å². The molecule has 2 aromatic carbocycles. The Bertz CT molecular complexity index is 558. The van der Waals surface area contributed by atoms with Crippen molar-refractivity contribution < 1.29 is 9.13 Å². The quantitative estimate of drug-likeness (QED) is 0.868. The number of halogens is 1. The Hall–Kier alpha value is -2.07. The second-order valence-corrected chi connectivity index (χ2v) is 4.21. The molecule has 3 nitrogen and oxygen atoms in total. The van der Waals surface area contributed by atoms with Crippen molar-refractivity contribution in [3.63, 3.8) is 0 Å². The summed E-state index contributed by atoms with van der Waals surface area (Å²) in [6.45, 7) is 0.516. The predicted octanol–water partition coefficient (Wildman–Crippen LogP) is 3.08. The molecule has 0 aromatic heterocycles. The van der Waals surface area contributed by atoms with Gasteiger partial charge in [0, 0.05) is 11.8 Å². The molecule has 0 spiro atoms. The molecule has 3 N–H and O–H groups in total. The van der Waals surface area contributed by atoms with Crippen LogP contribution in [0, 0.1) is 5.82 Å². The molecule has 0 atom stereocenters. The van der Waals surface area contributed by atoms with Gasteiger partial charge in [0.15, 0.2) is 0 Å². The highest BCUT2D eigenvalue weighted by atomic mass is 19.1. The smallest absolute Gasteiger partial charge is 0.146 e. The molecule has 0 aliphatic heterocycles. The van der Waals surface area contributed by atoms with Crippen molar-refractivity contribution >= 4 is 11.4 Å². The number of ether oxygens (including phenoxy) is 1. The van der Waals surface area contributed by atoms with E-state index < -0.39 is 0 Å². The summed E-state index contributed by atoms with van der Waals surface area (Å²) in [6, 6.07) is 12.5. The minimum absolute atomic E-state index is 0.284. The van der Waals surface area contributed by atoms with Gasteiger partial charge in [-0.25, -0.2) is 4.39 Å². The summed E-state index contributed by atoms with van der Waals surface area (Å²) >= 11 is 0. The maximum Gasteiger partial charge on any atom is 0.146 e. The molecule has 0 saturated carbocycles. The molecule has 19 heavy (non-hydrogen) atoms. The van der Waals surface area contributed by atoms with Crippen molar-refractivity contribution in [3.05, 3.63) is 53.8 Å². The Morgan fingerprint density at radius 3 is 2.74 bits per heavy atom. The van der Waals surface area contributed by atoms with Gasteiger partial charge in [-0.2, -0.15) is 0 Å². The monoisotopic (exact) mass is 260 g/mol. The number of hydrogen-bond donors (Lipinski definition) is 2. The predicted molar refractivity (Wildman–Crippen MR) is 75.4 cm³/mol. The molecule has 0 aliphatic carbocycles. The van der Waals surface area contributed by atoms with E-state index in [-0.39, 0.29) is 5.82 Å². The van der Waals surface area contributed by atoms with Crippen molar-refractivity contribution in [2.45, 2.75) is 6.42 Å². The number of hydrogen-bond acceptors (Lipinski definition) is 3. The van der Waals surface area contributed by atoms with Crippen LogP contribution in [-0.4, -0.2) is 13.7 Å². The molecule has 2 rings (SSSR count). The molecule has 0 fully saturated rings. The molecule has 0 aliphatic rings. The fraction of sp³-hybridized carbons (Fsp3) is 0.200. The zero-order valence-corrected chi connectivity index (χ0v) is 10.8. The Labute approximate surface area is 112 Å². The normalized spacial score (nSPS) is 10.3. The second kappa shape index (κ2) is 6.20. The number of rotatable bonds is 5. The summed E-state index contributed by atoms with van der Waals surface area (Å²) in [5.74, 6) is 0.443. The lowest BCUT2D eigenvalue weighted by Gasteiger charge is -2.10. The number of nitrogens with one attached hydrogen (secondary N) is 1. The van der Waals surface area contributed by atoms with Crippen LogP contribution in [0.1, 0.15) is 5.56 Å². The van der Waals surface area contributed by atoms with Crippen molar-refractivity contribution in [2.75, 3.05) is 19.0 Å². The van der Waals surface area contributed by atoms with Crippen LogP contribution in [0.25, 0.3) is 0 Å². The summed E-state index contributed by atoms with van der Waals surface area (Å²) in [4.78, 5) is 0. The minimum Gasteiger partial charge on any atom is -0.497 e. The zero-order chi connectivity index (χ0) is 13.7. The van der Waals surface area contributed by atoms with E-state index in [0.29, 0.717) is 18.7 Å². The molecule has 2 aromatic rings. The molecule has 4 heteroatoms. The molecule has 0 radical (unpaired) electrons. The lowest BCUT2D eigenvalue weighted by Crippen LogP contribution is -2.03. The van der Waals surface area contributed by atoms with Gasteiger partial charge in [-0.05, 0) is 42.8 Å². The Morgan fingerprint density at radius 2 is 2.05 bits per heavy atom. The van der Waals surface area contributed by atoms with E-state index in [2.05, 4.69) is 5.32 Å². The van der Waals surface area contributed by atoms with Gasteiger partial charge in [-0.15, -0.1) is 0 Å². The van der Waals surface area contributed by atoms with Crippen molar-refractivity contribution in [1.29, 1.82) is 0 Å². The van der Waals surface area contributed by atoms with Gasteiger partial charge in [0.2, 0.25) is 0 Å². The van der Waals surface area contributed by atoms with E-state index in [9.17, 15) is 4.39 Å². The van der Waals surface area contributed by atoms with E-state index >= 15 is 0 Å². The lowest BCUT2D eigenvalue weighted by atomic mass is 10.1. The molecule has 0 saturated heterocycles. The highest BCUT2D eigenvalue weighted by Crippen LogP contribution is 2.23. The first-order valence-corrected chi connectivity index (χ1v) is 6.12. The summed E-state index contributed by atoms with van der Waals surface area (Å²) in [5, 5.41) is 3.03. The Kier molecular flexibility index (Phi) is 4.36. The van der Waals surface area contributed by atoms with Gasteiger partial charge < -0.3 is 15.8 Å². The van der Waals surface area contributed by atoms with Gasteiger partial charge in [-0.3, -0.25) is 0 Å². The largest absolute Gasteiger partial charge is 0.497 e. The molecule has 0 bridgehead atoms. The average Bonchev–Trinajstić information content (AvgIpc) is 2.42. The number of nitrogens with two attached hydrogens (primary N) is 1. The Balaban J connectivity index is 2.18. The van der Waals surface area contributed by atoms with Crippen LogP contribution < -0.4 is 15.8 Å². The van der Waals surface area contributed by atoms with Crippen LogP contribution in [0.15, 0.2) is 42.5 Å². The average molecular weight is 260 g/mol. The summed E-state index contributed by atoms with van der Waals surface area (Å²) < 4.78 is 19.0. The fourth-order valence-electron chi connectivity index (χ4n) is 1.84. The standard InChI is InChI=1S/C15H17FN2O/c1-19-13-4-2-3-12(10-13)18-15-6-5-11(7-8-17)9-14(15)16/h2-6,9-10,18H,7-8,17H2,1H3. The molecule has 0 heterocycles. The summed E-state index contributed by atoms with van der Waals surface area (Å²) in [6.07, 6.45) is 0.677. The Morgan fingerprint density at radius 1 is 1.21 bits per heavy atom. The maximum atomic E-state index is 13.9. The summed E-state index contributed by atoms with van der Waals surface area (Å²) in [5.41, 5.74) is 7.57. The van der Waals surface area contributed by atoms with Gasteiger partial charge >= 0.3 is 0 Å². The fourth-order valence-corrected chi connectivity index (χ4v) is 1.84. The first-order valence-electron chi connectivity index (χ1n) is 6.12. The molecule has 100 valence electrons. The molecular weight excluding hydrogens is 243 g/mol. The van der Waals surface area contributed by atoms with E-state index in [1.165, 1.54) is 6.07 Å². The first kappa shape index (κ1) is 13.4. The zero-order valence-electron chi connectivity index (χ0n) is 10.8. The van der Waals surface area contributed by atoms with Gasteiger partial charge in [0.25, 0.3) is 0 Å². The third kappa shape index (κ3) is 3.45. The van der Waals surface area contributed by atoms with Crippen molar-refractivity contribution in [2.24, 2.45) is 5.73 Å². The van der Waals surface area contributed by atoms with Crippen LogP contribution in [0.4, 0.5) is 15.8 Å². The number of methoxy groups -OCH3 is 1. The SMILES string of the molecule is COc1cccc(Nc2ccc(CCN)cc2F)c1. The van der Waals surface area contributed by atoms with Crippen molar-refractivity contribution in [3.8, 4) is 5.75 Å².